The van der Waals surface area contributed by atoms with Gasteiger partial charge in [0.2, 0.25) is 0 Å². The van der Waals surface area contributed by atoms with Gasteiger partial charge in [-0.25, -0.2) is 0 Å². The SMILES string of the molecule is Cc1c[c-]c(-c2ccccn2)cc1.Cc1ccc(-c2[c-]cccc2)nc1.Cc1cccnc1-c1[c-]cccc1.Cc1ccnc(-c2[c-]cccc2)c1.[Ir].[Ir].[Ir].[Ir].[Ir].[Ir].[c-]1ccc(-c2ccccc2)cc1-c1ccccn1.[c-]1ccccc1-c1ccccn1. The van der Waals surface area contributed by atoms with E-state index in [1.165, 1.54) is 33.4 Å². The van der Waals surface area contributed by atoms with Crippen molar-refractivity contribution in [2.24, 2.45) is 0 Å². The summed E-state index contributed by atoms with van der Waals surface area (Å²) in [6.07, 6.45) is 10.9. The molecule has 0 spiro atoms. The molecule has 0 unspecified atom stereocenters. The molecule has 0 aliphatic rings. The number of hydrogen-bond donors (Lipinski definition) is 0. The van der Waals surface area contributed by atoms with Gasteiger partial charge in [-0.05, 0) is 96.4 Å². The van der Waals surface area contributed by atoms with Crippen molar-refractivity contribution < 1.29 is 121 Å². The van der Waals surface area contributed by atoms with Crippen LogP contribution in [0.1, 0.15) is 22.3 Å². The summed E-state index contributed by atoms with van der Waals surface area (Å²) in [5.41, 5.74) is 19.4. The van der Waals surface area contributed by atoms with Crippen LogP contribution in [0.5, 0.6) is 0 Å². The topological polar surface area (TPSA) is 77.3 Å². The first kappa shape index (κ1) is 77.4. The number of aryl methyl sites for hydroxylation is 4. The molecule has 0 saturated heterocycles. The van der Waals surface area contributed by atoms with Gasteiger partial charge in [0.15, 0.2) is 0 Å². The quantitative estimate of drug-likeness (QED) is 0.148. The van der Waals surface area contributed by atoms with Gasteiger partial charge in [-0.1, -0.05) is 109 Å². The van der Waals surface area contributed by atoms with E-state index in [2.05, 4.69) is 136 Å². The molecular formula is C76H60Ir6N6-6. The van der Waals surface area contributed by atoms with Crippen LogP contribution in [0.4, 0.5) is 0 Å². The number of aromatic nitrogens is 6. The van der Waals surface area contributed by atoms with Gasteiger partial charge >= 0.3 is 0 Å². The Kier molecular flexibility index (Phi) is 38.6. The average molecular weight is 2210 g/mol. The van der Waals surface area contributed by atoms with Crippen molar-refractivity contribution in [2.45, 2.75) is 27.7 Å². The molecule has 88 heavy (non-hydrogen) atoms. The van der Waals surface area contributed by atoms with Gasteiger partial charge in [-0.15, -0.1) is 214 Å². The fraction of sp³-hybridized carbons (Fsp3) is 0.0526. The molecule has 13 rings (SSSR count). The summed E-state index contributed by atoms with van der Waals surface area (Å²) in [7, 11) is 0. The van der Waals surface area contributed by atoms with Crippen molar-refractivity contribution in [3.05, 3.63) is 351 Å². The molecule has 0 atom stereocenters. The zero-order valence-corrected chi connectivity index (χ0v) is 62.8. The third-order valence-corrected chi connectivity index (χ3v) is 12.2. The van der Waals surface area contributed by atoms with E-state index in [9.17, 15) is 0 Å². The molecule has 6 heterocycles. The molecule has 454 valence electrons. The largest absolute Gasteiger partial charge is 0.305 e. The molecule has 6 nitrogen and oxygen atoms in total. The molecule has 12 heteroatoms. The molecular weight excluding hydrogens is 2150 g/mol. The molecule has 0 amide bonds. The molecule has 6 aromatic heterocycles. The van der Waals surface area contributed by atoms with Crippen LogP contribution < -0.4 is 0 Å². The van der Waals surface area contributed by atoms with Crippen molar-refractivity contribution in [3.8, 4) is 78.7 Å². The normalized spacial score (nSPS) is 9.27. The van der Waals surface area contributed by atoms with Crippen molar-refractivity contribution in [2.75, 3.05) is 0 Å². The van der Waals surface area contributed by atoms with Crippen LogP contribution in [0.25, 0.3) is 78.7 Å². The van der Waals surface area contributed by atoms with E-state index >= 15 is 0 Å². The van der Waals surface area contributed by atoms with Gasteiger partial charge in [-0.2, -0.15) is 0 Å². The Morgan fingerprint density at radius 2 is 0.693 bits per heavy atom. The summed E-state index contributed by atoms with van der Waals surface area (Å²) in [6.45, 7) is 8.21. The van der Waals surface area contributed by atoms with Crippen LogP contribution in [0.2, 0.25) is 0 Å². The summed E-state index contributed by atoms with van der Waals surface area (Å²) in [4.78, 5) is 25.7. The predicted molar refractivity (Wildman–Crippen MR) is 335 cm³/mol. The van der Waals surface area contributed by atoms with Gasteiger partial charge < -0.3 is 29.9 Å². The van der Waals surface area contributed by atoms with E-state index in [4.69, 9.17) is 0 Å². The number of benzene rings is 7. The first-order chi connectivity index (χ1) is 40.4. The second-order valence-electron chi connectivity index (χ2n) is 18.5. The van der Waals surface area contributed by atoms with Gasteiger partial charge in [0.1, 0.15) is 0 Å². The number of nitrogens with zero attached hydrogens (tertiary/aromatic N) is 6. The third-order valence-electron chi connectivity index (χ3n) is 12.2. The van der Waals surface area contributed by atoms with Crippen molar-refractivity contribution in [3.63, 3.8) is 0 Å². The van der Waals surface area contributed by atoms with Gasteiger partial charge in [-0.3, -0.25) is 0 Å². The third kappa shape index (κ3) is 26.2. The van der Waals surface area contributed by atoms with Gasteiger partial charge in [0.05, 0.1) is 0 Å². The van der Waals surface area contributed by atoms with Crippen LogP contribution >= 0.6 is 0 Å². The minimum absolute atomic E-state index is 0. The smallest absolute Gasteiger partial charge is 0.0190 e. The van der Waals surface area contributed by atoms with Crippen molar-refractivity contribution >= 4 is 0 Å². The Balaban J connectivity index is 0.000000357. The Hall–Kier alpha value is -6.66. The van der Waals surface area contributed by atoms with Crippen LogP contribution in [0.3, 0.4) is 0 Å². The molecule has 13 aromatic rings. The summed E-state index contributed by atoms with van der Waals surface area (Å²) in [5.74, 6) is 0. The molecule has 0 aliphatic heterocycles. The maximum Gasteiger partial charge on any atom is 0.0190 e. The number of hydrogen-bond acceptors (Lipinski definition) is 6. The predicted octanol–water partition coefficient (Wildman–Crippen LogP) is 18.2. The minimum Gasteiger partial charge on any atom is -0.305 e. The summed E-state index contributed by atoms with van der Waals surface area (Å²) < 4.78 is 0. The summed E-state index contributed by atoms with van der Waals surface area (Å²) in [6, 6.07) is 103. The monoisotopic (exact) mass is 2210 g/mol. The molecule has 7 aromatic carbocycles. The summed E-state index contributed by atoms with van der Waals surface area (Å²) in [5, 5.41) is 0. The number of pyridine rings is 6. The second kappa shape index (κ2) is 43.9. The van der Waals surface area contributed by atoms with Gasteiger partial charge in [0.25, 0.3) is 0 Å². The van der Waals surface area contributed by atoms with E-state index in [1.807, 2.05) is 232 Å². The zero-order valence-electron chi connectivity index (χ0n) is 48.4. The zero-order chi connectivity index (χ0) is 56.8. The standard InChI is InChI=1S/C17H12N.4C12H10N.C11H8N.6Ir/c1-2-7-14(8-3-1)15-9-6-10-16(13-15)17-11-4-5-12-18-17;1-10-5-7-11(8-6-10)12-4-2-3-9-13-12;1-10-6-5-9-13-12(10)11-7-3-2-4-8-11;1-10-7-8-13-12(9-10)11-5-3-2-4-6-11;1-10-7-8-12(13-9-10)11-5-3-2-4-6-11;1-2-6-10(7-3-1)11-8-4-5-9-12-11;;;;;;/h1-9,11-13H;2*2-7,9H,1H3;2*2-5,7-9H,1H3;1-6,8-9H;;;;;;/q6*-1;;;;;;. The first-order valence-electron chi connectivity index (χ1n) is 26.8. The fourth-order valence-corrected chi connectivity index (χ4v) is 7.93. The maximum absolute atomic E-state index is 4.35. The molecule has 0 N–H and O–H groups in total. The van der Waals surface area contributed by atoms with E-state index < -0.39 is 0 Å². The van der Waals surface area contributed by atoms with E-state index in [1.54, 1.807) is 18.6 Å². The van der Waals surface area contributed by atoms with Crippen LogP contribution in [0.15, 0.2) is 292 Å². The van der Waals surface area contributed by atoms with E-state index in [0.29, 0.717) is 0 Å². The van der Waals surface area contributed by atoms with E-state index in [-0.39, 0.29) is 121 Å². The fourth-order valence-electron chi connectivity index (χ4n) is 7.93. The molecule has 0 aliphatic carbocycles. The summed E-state index contributed by atoms with van der Waals surface area (Å²) >= 11 is 0. The van der Waals surface area contributed by atoms with E-state index in [0.717, 1.165) is 67.5 Å². The molecule has 0 bridgehead atoms. The van der Waals surface area contributed by atoms with Gasteiger partial charge in [0, 0.05) is 158 Å². The first-order valence-corrected chi connectivity index (χ1v) is 26.8. The molecule has 0 fully saturated rings. The van der Waals surface area contributed by atoms with Crippen molar-refractivity contribution in [1.82, 2.24) is 29.9 Å². The van der Waals surface area contributed by atoms with Crippen molar-refractivity contribution in [1.29, 1.82) is 0 Å². The molecule has 0 saturated carbocycles. The second-order valence-corrected chi connectivity index (χ2v) is 18.5. The average Bonchev–Trinajstić information content (AvgIpc) is 3.68. The minimum atomic E-state index is 0. The van der Waals surface area contributed by atoms with Crippen LogP contribution in [-0.2, 0) is 121 Å². The number of rotatable bonds is 7. The molecule has 6 radical (unpaired) electrons. The Labute approximate surface area is 601 Å². The Morgan fingerprint density at radius 1 is 0.250 bits per heavy atom. The Bertz CT molecular complexity index is 3690. The Morgan fingerprint density at radius 3 is 1.15 bits per heavy atom. The van der Waals surface area contributed by atoms with Crippen LogP contribution in [0, 0.1) is 64.1 Å². The maximum atomic E-state index is 4.35. The van der Waals surface area contributed by atoms with Crippen LogP contribution in [-0.4, -0.2) is 29.9 Å².